The highest BCUT2D eigenvalue weighted by Gasteiger charge is 2.59. The second-order valence-electron chi connectivity index (χ2n) is 3.81. The zero-order chi connectivity index (χ0) is 13.2. The lowest BCUT2D eigenvalue weighted by molar-refractivity contribution is -0.174. The van der Waals surface area contributed by atoms with Crippen LogP contribution in [0.5, 0.6) is 0 Å². The number of hydrogen-bond donors (Lipinski definition) is 1. The van der Waals surface area contributed by atoms with E-state index in [0.717, 1.165) is 4.90 Å². The number of esters is 1. The minimum Gasteiger partial charge on any atom is -0.479 e. The summed E-state index contributed by atoms with van der Waals surface area (Å²) >= 11 is 0. The Kier molecular flexibility index (Phi) is 3.55. The highest BCUT2D eigenvalue weighted by Crippen LogP contribution is 2.34. The number of carbonyl (C=O) groups is 3. The number of amides is 1. The van der Waals surface area contributed by atoms with Crippen LogP contribution < -0.4 is 0 Å². The topological polar surface area (TPSA) is 83.9 Å². The van der Waals surface area contributed by atoms with Gasteiger partial charge in [0, 0.05) is 19.0 Å². The molecule has 0 aromatic carbocycles. The maximum absolute atomic E-state index is 11.9. The highest BCUT2D eigenvalue weighted by atomic mass is 16.5. The zero-order valence-electron chi connectivity index (χ0n) is 9.97. The molecular formula is C11H15NO5. The molecule has 0 radical (unpaired) electrons. The molecule has 0 fully saturated rings. The van der Waals surface area contributed by atoms with Crippen molar-refractivity contribution >= 4 is 17.8 Å². The van der Waals surface area contributed by atoms with Crippen LogP contribution in [-0.4, -0.2) is 40.0 Å². The fourth-order valence-electron chi connectivity index (χ4n) is 1.96. The van der Waals surface area contributed by atoms with Gasteiger partial charge in [-0.25, -0.2) is 9.59 Å². The van der Waals surface area contributed by atoms with E-state index in [1.807, 2.05) is 0 Å². The Bertz CT molecular complexity index is 389. The summed E-state index contributed by atoms with van der Waals surface area (Å²) in [6.07, 6.45) is 2.82. The molecule has 0 spiro atoms. The molecule has 0 aliphatic carbocycles. The molecule has 0 saturated carbocycles. The van der Waals surface area contributed by atoms with E-state index in [1.165, 1.54) is 19.2 Å². The Morgan fingerprint density at radius 3 is 2.47 bits per heavy atom. The number of carboxylic acids is 1. The van der Waals surface area contributed by atoms with Gasteiger partial charge in [0.2, 0.25) is 11.4 Å². The van der Waals surface area contributed by atoms with E-state index in [1.54, 1.807) is 13.8 Å². The summed E-state index contributed by atoms with van der Waals surface area (Å²) in [6, 6.07) is 0. The van der Waals surface area contributed by atoms with Crippen molar-refractivity contribution in [2.45, 2.75) is 26.3 Å². The molecule has 0 aromatic heterocycles. The number of rotatable bonds is 3. The van der Waals surface area contributed by atoms with Crippen molar-refractivity contribution in [2.24, 2.45) is 5.92 Å². The van der Waals surface area contributed by atoms with E-state index < -0.39 is 29.3 Å². The van der Waals surface area contributed by atoms with Gasteiger partial charge in [-0.2, -0.15) is 0 Å². The SMILES string of the molecule is CCOC(=O)C1(C(=O)O)C(C)C=CN1C(C)=O. The average Bonchev–Trinajstić information content (AvgIpc) is 2.57. The fourth-order valence-corrected chi connectivity index (χ4v) is 1.96. The lowest BCUT2D eigenvalue weighted by Crippen LogP contribution is -2.61. The quantitative estimate of drug-likeness (QED) is 0.570. The highest BCUT2D eigenvalue weighted by molar-refractivity contribution is 6.08. The van der Waals surface area contributed by atoms with E-state index in [0.29, 0.717) is 0 Å². The summed E-state index contributed by atoms with van der Waals surface area (Å²) in [5, 5.41) is 9.32. The van der Waals surface area contributed by atoms with Crippen molar-refractivity contribution in [3.8, 4) is 0 Å². The zero-order valence-corrected chi connectivity index (χ0v) is 9.97. The average molecular weight is 241 g/mol. The lowest BCUT2D eigenvalue weighted by Gasteiger charge is -2.34. The maximum atomic E-state index is 11.9. The van der Waals surface area contributed by atoms with Crippen LogP contribution in [0, 0.1) is 5.92 Å². The van der Waals surface area contributed by atoms with Gasteiger partial charge in [0.05, 0.1) is 6.61 Å². The van der Waals surface area contributed by atoms with E-state index in [9.17, 15) is 19.5 Å². The molecule has 0 saturated heterocycles. The van der Waals surface area contributed by atoms with Gasteiger partial charge in [-0.05, 0) is 6.92 Å². The molecule has 1 aliphatic heterocycles. The Hall–Kier alpha value is -1.85. The van der Waals surface area contributed by atoms with E-state index in [4.69, 9.17) is 4.74 Å². The number of aliphatic carboxylic acids is 1. The van der Waals surface area contributed by atoms with Gasteiger partial charge in [-0.15, -0.1) is 0 Å². The lowest BCUT2D eigenvalue weighted by atomic mass is 9.86. The van der Waals surface area contributed by atoms with Gasteiger partial charge in [-0.3, -0.25) is 9.69 Å². The molecule has 6 nitrogen and oxygen atoms in total. The third-order valence-electron chi connectivity index (χ3n) is 2.81. The Morgan fingerprint density at radius 2 is 2.06 bits per heavy atom. The van der Waals surface area contributed by atoms with Gasteiger partial charge in [0.1, 0.15) is 0 Å². The van der Waals surface area contributed by atoms with E-state index in [2.05, 4.69) is 0 Å². The molecule has 2 unspecified atom stereocenters. The second kappa shape index (κ2) is 4.57. The van der Waals surface area contributed by atoms with Crippen LogP contribution >= 0.6 is 0 Å². The summed E-state index contributed by atoms with van der Waals surface area (Å²) in [5.41, 5.74) is -1.97. The third-order valence-corrected chi connectivity index (χ3v) is 2.81. The Labute approximate surface area is 98.8 Å². The van der Waals surface area contributed by atoms with Gasteiger partial charge in [-0.1, -0.05) is 13.0 Å². The molecule has 1 rings (SSSR count). The molecule has 0 bridgehead atoms. The summed E-state index contributed by atoms with van der Waals surface area (Å²) in [6.45, 7) is 4.41. The molecule has 0 aromatic rings. The summed E-state index contributed by atoms with van der Waals surface area (Å²) in [5.74, 6) is -3.45. The van der Waals surface area contributed by atoms with Gasteiger partial charge in [0.15, 0.2) is 0 Å². The summed E-state index contributed by atoms with van der Waals surface area (Å²) in [7, 11) is 0. The first-order valence-corrected chi connectivity index (χ1v) is 5.27. The van der Waals surface area contributed by atoms with Crippen LogP contribution in [0.3, 0.4) is 0 Å². The number of nitrogens with zero attached hydrogens (tertiary/aromatic N) is 1. The van der Waals surface area contributed by atoms with Crippen LogP contribution in [0.1, 0.15) is 20.8 Å². The standard InChI is InChI=1S/C11H15NO5/c1-4-17-10(16)11(9(14)15)7(2)5-6-12(11)8(3)13/h5-7H,4H2,1-3H3,(H,14,15). The summed E-state index contributed by atoms with van der Waals surface area (Å²) in [4.78, 5) is 35.7. The third kappa shape index (κ3) is 1.79. The van der Waals surface area contributed by atoms with Crippen LogP contribution in [-0.2, 0) is 19.1 Å². The largest absolute Gasteiger partial charge is 0.479 e. The van der Waals surface area contributed by atoms with E-state index >= 15 is 0 Å². The van der Waals surface area contributed by atoms with Crippen molar-refractivity contribution in [2.75, 3.05) is 6.61 Å². The fraction of sp³-hybridized carbons (Fsp3) is 0.545. The van der Waals surface area contributed by atoms with Gasteiger partial charge >= 0.3 is 11.9 Å². The smallest absolute Gasteiger partial charge is 0.344 e. The van der Waals surface area contributed by atoms with Crippen LogP contribution in [0.25, 0.3) is 0 Å². The van der Waals surface area contributed by atoms with Crippen molar-refractivity contribution in [3.63, 3.8) is 0 Å². The van der Waals surface area contributed by atoms with Crippen molar-refractivity contribution in [1.82, 2.24) is 4.90 Å². The number of hydrogen-bond acceptors (Lipinski definition) is 4. The molecule has 1 heterocycles. The Morgan fingerprint density at radius 1 is 1.47 bits per heavy atom. The van der Waals surface area contributed by atoms with Crippen molar-refractivity contribution in [3.05, 3.63) is 12.3 Å². The normalized spacial score (nSPS) is 27.0. The predicted octanol–water partition coefficient (Wildman–Crippen LogP) is 0.385. The van der Waals surface area contributed by atoms with Gasteiger partial charge < -0.3 is 9.84 Å². The number of carboxylic acid groups (broad SMARTS) is 1. The van der Waals surface area contributed by atoms with Crippen LogP contribution in [0.15, 0.2) is 12.3 Å². The first kappa shape index (κ1) is 13.2. The monoisotopic (exact) mass is 241 g/mol. The molecule has 1 N–H and O–H groups in total. The second-order valence-corrected chi connectivity index (χ2v) is 3.81. The summed E-state index contributed by atoms with van der Waals surface area (Å²) < 4.78 is 4.79. The first-order valence-electron chi connectivity index (χ1n) is 5.27. The predicted molar refractivity (Wildman–Crippen MR) is 57.8 cm³/mol. The molecule has 1 amide bonds. The Balaban J connectivity index is 3.26. The van der Waals surface area contributed by atoms with Gasteiger partial charge in [0.25, 0.3) is 0 Å². The first-order chi connectivity index (χ1) is 7.88. The molecule has 1 aliphatic rings. The molecule has 94 valence electrons. The molecule has 17 heavy (non-hydrogen) atoms. The van der Waals surface area contributed by atoms with Crippen molar-refractivity contribution in [1.29, 1.82) is 0 Å². The number of carbonyl (C=O) groups excluding carboxylic acids is 2. The molecule has 2 atom stereocenters. The minimum atomic E-state index is -1.97. The van der Waals surface area contributed by atoms with Crippen LogP contribution in [0.2, 0.25) is 0 Å². The van der Waals surface area contributed by atoms with Crippen LogP contribution in [0.4, 0.5) is 0 Å². The minimum absolute atomic E-state index is 0.0618. The maximum Gasteiger partial charge on any atom is 0.344 e. The molecular weight excluding hydrogens is 226 g/mol. The van der Waals surface area contributed by atoms with Crippen molar-refractivity contribution < 1.29 is 24.2 Å². The number of ether oxygens (including phenoxy) is 1. The van der Waals surface area contributed by atoms with E-state index in [-0.39, 0.29) is 6.61 Å². The molecule has 6 heteroatoms.